The predicted octanol–water partition coefficient (Wildman–Crippen LogP) is 1.52. The number of carboxylic acid groups (broad SMARTS) is 1. The zero-order valence-electron chi connectivity index (χ0n) is 30.5. The second-order valence-corrected chi connectivity index (χ2v) is 15.9. The molecule has 0 saturated carbocycles. The van der Waals surface area contributed by atoms with Crippen LogP contribution in [0.25, 0.3) is 0 Å². The van der Waals surface area contributed by atoms with E-state index in [4.69, 9.17) is 5.73 Å². The van der Waals surface area contributed by atoms with Crippen LogP contribution in [-0.2, 0) is 28.8 Å². The lowest BCUT2D eigenvalue weighted by molar-refractivity contribution is -0.138. The lowest BCUT2D eigenvalue weighted by Gasteiger charge is -2.39. The molecule has 2 saturated heterocycles. The number of carbonyl (C=O) groups excluding carboxylic acids is 5. The maximum absolute atomic E-state index is 14.3. The van der Waals surface area contributed by atoms with Crippen LogP contribution < -0.4 is 32.3 Å². The minimum Gasteiger partial charge on any atom is -0.481 e. The van der Waals surface area contributed by atoms with Crippen molar-refractivity contribution in [3.63, 3.8) is 0 Å². The van der Waals surface area contributed by atoms with Gasteiger partial charge in [0.25, 0.3) is 0 Å². The van der Waals surface area contributed by atoms with E-state index in [1.807, 2.05) is 65.0 Å². The summed E-state index contributed by atoms with van der Waals surface area (Å²) >= 11 is 1.42. The molecule has 51 heavy (non-hydrogen) atoms. The van der Waals surface area contributed by atoms with Gasteiger partial charge in [0.1, 0.15) is 24.2 Å². The third-order valence-corrected chi connectivity index (χ3v) is 9.93. The van der Waals surface area contributed by atoms with Crippen molar-refractivity contribution < 1.29 is 33.9 Å². The number of nitrogens with zero attached hydrogens (tertiary/aromatic N) is 1. The standard InChI is InChI=1S/C36H57N7O7S/c1-22(2)20-26-33(48)38-24(14-9-10-18-37)31(46)39-25(16-17-29(44)45)32(47)41-27(21-51-23-12-7-6-8-13-23)30(35(50)42-36(3,4)5)43-19-11-15-28(43)34(49)40-26/h6-8,12-13,22,24-28,30H,9-11,14-21,37H2,1-5H3,(H,38,48)(H,39,46)(H,40,49)(H,41,47)(H,42,50)(H,44,45)/t24-,25?,26+,27-,28-,30-/m0/s1. The number of carboxylic acids is 1. The Morgan fingerprint density at radius 2 is 1.53 bits per heavy atom. The lowest BCUT2D eigenvalue weighted by atomic mass is 10.00. The summed E-state index contributed by atoms with van der Waals surface area (Å²) in [6.45, 7) is 10.1. The Bertz CT molecular complexity index is 1360. The van der Waals surface area contributed by atoms with Crippen molar-refractivity contribution in [3.05, 3.63) is 30.3 Å². The highest BCUT2D eigenvalue weighted by Gasteiger charge is 2.45. The van der Waals surface area contributed by atoms with Crippen LogP contribution in [-0.4, -0.2) is 106 Å². The first-order valence-corrected chi connectivity index (χ1v) is 19.0. The molecule has 3 rings (SSSR count). The van der Waals surface area contributed by atoms with Crippen LogP contribution >= 0.6 is 11.8 Å². The Kier molecular flexibility index (Phi) is 16.2. The van der Waals surface area contributed by atoms with Crippen LogP contribution in [0, 0.1) is 5.92 Å². The van der Waals surface area contributed by atoms with Crippen molar-refractivity contribution >= 4 is 47.3 Å². The molecule has 2 fully saturated rings. The number of thioether (sulfide) groups is 1. The first-order valence-electron chi connectivity index (χ1n) is 18.0. The van der Waals surface area contributed by atoms with Gasteiger partial charge in [-0.15, -0.1) is 11.8 Å². The fourth-order valence-electron chi connectivity index (χ4n) is 6.42. The van der Waals surface area contributed by atoms with E-state index in [0.717, 1.165) is 4.90 Å². The number of unbranched alkanes of at least 4 members (excludes halogenated alkanes) is 1. The number of nitrogens with one attached hydrogen (secondary N) is 5. The van der Waals surface area contributed by atoms with E-state index in [9.17, 15) is 33.9 Å². The van der Waals surface area contributed by atoms with Crippen molar-refractivity contribution in [2.24, 2.45) is 11.7 Å². The van der Waals surface area contributed by atoms with Gasteiger partial charge in [0.15, 0.2) is 0 Å². The number of nitrogens with two attached hydrogens (primary N) is 1. The van der Waals surface area contributed by atoms with Crippen molar-refractivity contribution in [1.82, 2.24) is 31.5 Å². The van der Waals surface area contributed by atoms with Crippen molar-refractivity contribution in [1.29, 1.82) is 0 Å². The summed E-state index contributed by atoms with van der Waals surface area (Å²) in [5.74, 6) is -3.60. The molecule has 2 aliphatic rings. The van der Waals surface area contributed by atoms with Crippen molar-refractivity contribution in [3.8, 4) is 0 Å². The topological polar surface area (TPSA) is 212 Å². The molecular formula is C36H57N7O7S. The molecular weight excluding hydrogens is 675 g/mol. The van der Waals surface area contributed by atoms with Gasteiger partial charge in [0, 0.05) is 22.6 Å². The summed E-state index contributed by atoms with van der Waals surface area (Å²) in [6, 6.07) is 3.46. The Labute approximate surface area is 305 Å². The Morgan fingerprint density at radius 3 is 2.14 bits per heavy atom. The number of aliphatic carboxylic acids is 1. The van der Waals surface area contributed by atoms with Gasteiger partial charge in [-0.25, -0.2) is 0 Å². The van der Waals surface area contributed by atoms with E-state index in [-0.39, 0.29) is 24.5 Å². The highest BCUT2D eigenvalue weighted by molar-refractivity contribution is 7.99. The van der Waals surface area contributed by atoms with Gasteiger partial charge >= 0.3 is 5.97 Å². The zero-order valence-corrected chi connectivity index (χ0v) is 31.4. The van der Waals surface area contributed by atoms with E-state index in [2.05, 4.69) is 26.6 Å². The van der Waals surface area contributed by atoms with Crippen molar-refractivity contribution in [2.45, 2.75) is 133 Å². The first-order chi connectivity index (χ1) is 24.1. The molecule has 14 nitrogen and oxygen atoms in total. The van der Waals surface area contributed by atoms with Gasteiger partial charge in [-0.3, -0.25) is 33.7 Å². The highest BCUT2D eigenvalue weighted by Crippen LogP contribution is 2.27. The van der Waals surface area contributed by atoms with Gasteiger partial charge in [0.2, 0.25) is 29.5 Å². The highest BCUT2D eigenvalue weighted by atomic mass is 32.2. The normalized spacial score (nSPS) is 25.5. The van der Waals surface area contributed by atoms with Crippen LogP contribution in [0.15, 0.2) is 35.2 Å². The predicted molar refractivity (Wildman–Crippen MR) is 196 cm³/mol. The van der Waals surface area contributed by atoms with E-state index in [0.29, 0.717) is 45.2 Å². The van der Waals surface area contributed by atoms with E-state index < -0.39 is 83.7 Å². The Balaban J connectivity index is 2.16. The number of amides is 5. The fraction of sp³-hybridized carbons (Fsp3) is 0.667. The molecule has 284 valence electrons. The Hall–Kier alpha value is -3.69. The van der Waals surface area contributed by atoms with E-state index >= 15 is 0 Å². The molecule has 0 radical (unpaired) electrons. The minimum atomic E-state index is -1.29. The third kappa shape index (κ3) is 13.4. The second kappa shape index (κ2) is 19.8. The van der Waals surface area contributed by atoms with Crippen molar-refractivity contribution in [2.75, 3.05) is 18.8 Å². The minimum absolute atomic E-state index is 0.0132. The molecule has 1 aromatic carbocycles. The summed E-state index contributed by atoms with van der Waals surface area (Å²) in [7, 11) is 0. The van der Waals surface area contributed by atoms with Crippen LogP contribution in [0.4, 0.5) is 0 Å². The number of benzene rings is 1. The molecule has 0 spiro atoms. The maximum Gasteiger partial charge on any atom is 0.303 e. The molecule has 1 unspecified atom stereocenters. The van der Waals surface area contributed by atoms with Gasteiger partial charge in [-0.05, 0) is 96.9 Å². The van der Waals surface area contributed by atoms with Gasteiger partial charge in [0.05, 0.1) is 12.1 Å². The molecule has 2 aliphatic heterocycles. The van der Waals surface area contributed by atoms with E-state index in [1.165, 1.54) is 11.8 Å². The van der Waals surface area contributed by atoms with Crippen LogP contribution in [0.5, 0.6) is 0 Å². The summed E-state index contributed by atoms with van der Waals surface area (Å²) in [4.78, 5) is 84.6. The lowest BCUT2D eigenvalue weighted by Crippen LogP contribution is -2.65. The molecule has 0 aromatic heterocycles. The average molecular weight is 732 g/mol. The summed E-state index contributed by atoms with van der Waals surface area (Å²) < 4.78 is 0. The molecule has 2 heterocycles. The molecule has 0 bridgehead atoms. The monoisotopic (exact) mass is 731 g/mol. The number of carbonyl (C=O) groups is 6. The van der Waals surface area contributed by atoms with E-state index in [1.54, 1.807) is 4.90 Å². The largest absolute Gasteiger partial charge is 0.481 e. The van der Waals surface area contributed by atoms with Crippen LogP contribution in [0.3, 0.4) is 0 Å². The number of hydrogen-bond acceptors (Lipinski definition) is 9. The third-order valence-electron chi connectivity index (χ3n) is 8.80. The summed E-state index contributed by atoms with van der Waals surface area (Å²) in [5, 5.41) is 24.0. The average Bonchev–Trinajstić information content (AvgIpc) is 3.53. The summed E-state index contributed by atoms with van der Waals surface area (Å²) in [6.07, 6.45) is 1.99. The van der Waals surface area contributed by atoms with Gasteiger partial charge < -0.3 is 37.4 Å². The quantitative estimate of drug-likeness (QED) is 0.115. The first kappa shape index (κ1) is 41.7. The summed E-state index contributed by atoms with van der Waals surface area (Å²) in [5.41, 5.74) is 5.05. The van der Waals surface area contributed by atoms with Gasteiger partial charge in [-0.2, -0.15) is 0 Å². The van der Waals surface area contributed by atoms with Crippen LogP contribution in [0.1, 0.15) is 86.0 Å². The maximum atomic E-state index is 14.3. The molecule has 6 atom stereocenters. The molecule has 15 heteroatoms. The smallest absolute Gasteiger partial charge is 0.303 e. The number of fused-ring (bicyclic) bond motifs is 1. The fourth-order valence-corrected chi connectivity index (χ4v) is 7.41. The van der Waals surface area contributed by atoms with Gasteiger partial charge in [-0.1, -0.05) is 32.0 Å². The number of rotatable bonds is 13. The molecule has 5 amide bonds. The molecule has 0 aliphatic carbocycles. The number of hydrogen-bond donors (Lipinski definition) is 7. The second-order valence-electron chi connectivity index (χ2n) is 14.8. The van der Waals surface area contributed by atoms with Crippen LogP contribution in [0.2, 0.25) is 0 Å². The SMILES string of the molecule is CC(C)C[C@H]1NC(=O)[C@@H]2CCCN2[C@H](C(=O)NC(C)(C)C)[C@H](CSc2ccccc2)NC(=O)C(CCC(=O)O)NC(=O)[C@H](CCCCN)NC1=O. The molecule has 8 N–H and O–H groups in total. The zero-order chi connectivity index (χ0) is 37.7. The Morgan fingerprint density at radius 1 is 0.922 bits per heavy atom. The molecule has 1 aromatic rings.